The first-order chi connectivity index (χ1) is 8.20. The summed E-state index contributed by atoms with van der Waals surface area (Å²) in [4.78, 5) is 10.9. The topological polar surface area (TPSA) is 56.2 Å². The van der Waals surface area contributed by atoms with Crippen LogP contribution in [0.5, 0.6) is 5.75 Å². The van der Waals surface area contributed by atoms with Crippen LogP contribution in [0, 0.1) is 0 Å². The molecule has 1 heterocycles. The first-order valence-electron chi connectivity index (χ1n) is 5.16. The Morgan fingerprint density at radius 2 is 1.94 bits per heavy atom. The van der Waals surface area contributed by atoms with Gasteiger partial charge in [-0.15, -0.1) is 0 Å². The Morgan fingerprint density at radius 1 is 1.24 bits per heavy atom. The number of primary amides is 1. The molecule has 1 aromatic carbocycles. The standard InChI is InChI=1S/C13H12N2O2/c1-17-12-4-2-3-11(9-12)15-7-5-10(6-8-15)13(14)16/h2-9H,1H3,(H-,14,16)/p+1. The van der Waals surface area contributed by atoms with Gasteiger partial charge >= 0.3 is 0 Å². The van der Waals surface area contributed by atoms with Gasteiger partial charge in [0.15, 0.2) is 12.4 Å². The van der Waals surface area contributed by atoms with Gasteiger partial charge in [0.25, 0.3) is 0 Å². The van der Waals surface area contributed by atoms with Gasteiger partial charge in [0.05, 0.1) is 18.7 Å². The molecule has 0 spiro atoms. The number of aromatic nitrogens is 1. The Kier molecular flexibility index (Phi) is 3.05. The van der Waals surface area contributed by atoms with E-state index in [0.717, 1.165) is 11.4 Å². The number of hydrogen-bond donors (Lipinski definition) is 1. The average Bonchev–Trinajstić information content (AvgIpc) is 2.39. The number of benzene rings is 1. The van der Waals surface area contributed by atoms with E-state index in [-0.39, 0.29) is 0 Å². The maximum absolute atomic E-state index is 10.9. The second-order valence-corrected chi connectivity index (χ2v) is 3.56. The minimum absolute atomic E-state index is 0.428. The fourth-order valence-corrected chi connectivity index (χ4v) is 1.53. The smallest absolute Gasteiger partial charge is 0.249 e. The molecule has 4 nitrogen and oxygen atoms in total. The van der Waals surface area contributed by atoms with Gasteiger partial charge in [-0.1, -0.05) is 6.07 Å². The Balaban J connectivity index is 2.36. The summed E-state index contributed by atoms with van der Waals surface area (Å²) in [5, 5.41) is 0. The Labute approximate surface area is 99.3 Å². The van der Waals surface area contributed by atoms with Gasteiger partial charge in [0, 0.05) is 18.2 Å². The number of nitrogens with zero attached hydrogens (tertiary/aromatic N) is 1. The molecule has 2 aromatic rings. The summed E-state index contributed by atoms with van der Waals surface area (Å²) in [6, 6.07) is 11.0. The van der Waals surface area contributed by atoms with Crippen molar-refractivity contribution in [2.24, 2.45) is 5.73 Å². The summed E-state index contributed by atoms with van der Waals surface area (Å²) in [7, 11) is 1.62. The van der Waals surface area contributed by atoms with Crippen LogP contribution < -0.4 is 15.0 Å². The molecule has 17 heavy (non-hydrogen) atoms. The number of methoxy groups -OCH3 is 1. The number of carbonyl (C=O) groups excluding carboxylic acids is 1. The first-order valence-corrected chi connectivity index (χ1v) is 5.16. The van der Waals surface area contributed by atoms with Gasteiger partial charge in [-0.2, -0.15) is 4.57 Å². The van der Waals surface area contributed by atoms with Gasteiger partial charge in [-0.25, -0.2) is 0 Å². The van der Waals surface area contributed by atoms with Crippen molar-refractivity contribution in [3.63, 3.8) is 0 Å². The normalized spacial score (nSPS) is 9.94. The molecule has 0 saturated heterocycles. The quantitative estimate of drug-likeness (QED) is 0.800. The van der Waals surface area contributed by atoms with E-state index in [1.807, 2.05) is 28.8 Å². The third kappa shape index (κ3) is 2.42. The number of ether oxygens (including phenoxy) is 1. The molecule has 0 aliphatic rings. The van der Waals surface area contributed by atoms with Crippen LogP contribution in [0.3, 0.4) is 0 Å². The van der Waals surface area contributed by atoms with Crippen LogP contribution in [0.15, 0.2) is 48.8 Å². The number of rotatable bonds is 3. The lowest BCUT2D eigenvalue weighted by Crippen LogP contribution is -2.30. The van der Waals surface area contributed by atoms with E-state index in [2.05, 4.69) is 0 Å². The van der Waals surface area contributed by atoms with E-state index in [1.165, 1.54) is 0 Å². The molecule has 1 amide bonds. The fourth-order valence-electron chi connectivity index (χ4n) is 1.53. The molecule has 1 aromatic heterocycles. The number of pyridine rings is 1. The van der Waals surface area contributed by atoms with E-state index >= 15 is 0 Å². The zero-order valence-corrected chi connectivity index (χ0v) is 9.46. The summed E-state index contributed by atoms with van der Waals surface area (Å²) in [6.07, 6.45) is 3.57. The fraction of sp³-hybridized carbons (Fsp3) is 0.0769. The van der Waals surface area contributed by atoms with Crippen LogP contribution in [-0.2, 0) is 0 Å². The minimum Gasteiger partial charge on any atom is -0.497 e. The van der Waals surface area contributed by atoms with Crippen molar-refractivity contribution < 1.29 is 14.1 Å². The second-order valence-electron chi connectivity index (χ2n) is 3.56. The van der Waals surface area contributed by atoms with Crippen LogP contribution >= 0.6 is 0 Å². The monoisotopic (exact) mass is 229 g/mol. The summed E-state index contributed by atoms with van der Waals surface area (Å²) < 4.78 is 7.03. The highest BCUT2D eigenvalue weighted by atomic mass is 16.5. The van der Waals surface area contributed by atoms with E-state index < -0.39 is 5.91 Å². The van der Waals surface area contributed by atoms with E-state index in [9.17, 15) is 4.79 Å². The largest absolute Gasteiger partial charge is 0.497 e. The lowest BCUT2D eigenvalue weighted by atomic mass is 10.2. The number of hydrogen-bond acceptors (Lipinski definition) is 2. The molecule has 0 aliphatic heterocycles. The van der Waals surface area contributed by atoms with E-state index in [0.29, 0.717) is 5.56 Å². The molecule has 4 heteroatoms. The Bertz CT molecular complexity index is 535. The highest BCUT2D eigenvalue weighted by molar-refractivity contribution is 5.92. The van der Waals surface area contributed by atoms with Crippen LogP contribution in [0.4, 0.5) is 0 Å². The van der Waals surface area contributed by atoms with Gasteiger partial charge in [-0.3, -0.25) is 4.79 Å². The van der Waals surface area contributed by atoms with Crippen molar-refractivity contribution in [1.82, 2.24) is 0 Å². The lowest BCUT2D eigenvalue weighted by Gasteiger charge is -2.00. The summed E-state index contributed by atoms with van der Waals surface area (Å²) in [5.74, 6) is 0.358. The molecule has 0 aliphatic carbocycles. The predicted molar refractivity (Wildman–Crippen MR) is 63.0 cm³/mol. The molecule has 0 bridgehead atoms. The molecule has 86 valence electrons. The van der Waals surface area contributed by atoms with Gasteiger partial charge in [-0.05, 0) is 6.07 Å². The molecule has 0 radical (unpaired) electrons. The molecule has 2 rings (SSSR count). The van der Waals surface area contributed by atoms with E-state index in [4.69, 9.17) is 10.5 Å². The Morgan fingerprint density at radius 3 is 2.53 bits per heavy atom. The summed E-state index contributed by atoms with van der Waals surface area (Å²) in [6.45, 7) is 0. The van der Waals surface area contributed by atoms with Crippen LogP contribution in [-0.4, -0.2) is 13.0 Å². The second kappa shape index (κ2) is 4.65. The van der Waals surface area contributed by atoms with Gasteiger partial charge < -0.3 is 10.5 Å². The van der Waals surface area contributed by atoms with Crippen molar-refractivity contribution in [2.45, 2.75) is 0 Å². The van der Waals surface area contributed by atoms with Crippen molar-refractivity contribution in [1.29, 1.82) is 0 Å². The predicted octanol–water partition coefficient (Wildman–Crippen LogP) is 1.07. The molecular formula is C13H13N2O2+. The first kappa shape index (κ1) is 11.1. The van der Waals surface area contributed by atoms with Crippen molar-refractivity contribution in [3.8, 4) is 11.4 Å². The van der Waals surface area contributed by atoms with Gasteiger partial charge in [0.2, 0.25) is 11.6 Å². The molecular weight excluding hydrogens is 216 g/mol. The molecule has 0 unspecified atom stereocenters. The maximum atomic E-state index is 10.9. The molecule has 0 saturated carbocycles. The third-order valence-electron chi connectivity index (χ3n) is 2.47. The minimum atomic E-state index is -0.428. The number of carbonyl (C=O) groups is 1. The summed E-state index contributed by atoms with van der Waals surface area (Å²) in [5.41, 5.74) is 6.63. The number of nitrogens with two attached hydrogens (primary N) is 1. The third-order valence-corrected chi connectivity index (χ3v) is 2.47. The highest BCUT2D eigenvalue weighted by Crippen LogP contribution is 2.12. The summed E-state index contributed by atoms with van der Waals surface area (Å²) >= 11 is 0. The SMILES string of the molecule is COc1cccc(-[n+]2ccc(C(N)=O)cc2)c1. The van der Waals surface area contributed by atoms with Crippen LogP contribution in [0.1, 0.15) is 10.4 Å². The van der Waals surface area contributed by atoms with Crippen LogP contribution in [0.2, 0.25) is 0 Å². The van der Waals surface area contributed by atoms with Crippen molar-refractivity contribution in [3.05, 3.63) is 54.4 Å². The van der Waals surface area contributed by atoms with Crippen molar-refractivity contribution >= 4 is 5.91 Å². The van der Waals surface area contributed by atoms with Crippen molar-refractivity contribution in [2.75, 3.05) is 7.11 Å². The van der Waals surface area contributed by atoms with E-state index in [1.54, 1.807) is 31.6 Å². The van der Waals surface area contributed by atoms with Crippen LogP contribution in [0.25, 0.3) is 5.69 Å². The molecule has 2 N–H and O–H groups in total. The zero-order valence-electron chi connectivity index (χ0n) is 9.46. The van der Waals surface area contributed by atoms with Gasteiger partial charge in [0.1, 0.15) is 5.75 Å². The average molecular weight is 229 g/mol. The molecule has 0 fully saturated rings. The maximum Gasteiger partial charge on any atom is 0.249 e. The highest BCUT2D eigenvalue weighted by Gasteiger charge is 2.08. The lowest BCUT2D eigenvalue weighted by molar-refractivity contribution is -0.595. The molecule has 0 atom stereocenters. The zero-order chi connectivity index (χ0) is 12.3. The number of amides is 1. The Hall–Kier alpha value is -2.36.